The molecule has 0 bridgehead atoms. The first-order chi connectivity index (χ1) is 6.52. The Kier molecular flexibility index (Phi) is 2.85. The zero-order valence-corrected chi connectivity index (χ0v) is 7.54. The van der Waals surface area contributed by atoms with Crippen molar-refractivity contribution in [3.63, 3.8) is 0 Å². The average molecular weight is 198 g/mol. The van der Waals surface area contributed by atoms with Gasteiger partial charge in [-0.2, -0.15) is 0 Å². The Labute approximate surface area is 79.8 Å². The molecule has 1 rings (SSSR count). The van der Waals surface area contributed by atoms with Crippen molar-refractivity contribution in [3.8, 4) is 0 Å². The van der Waals surface area contributed by atoms with E-state index in [-0.39, 0.29) is 0 Å². The van der Waals surface area contributed by atoms with Crippen LogP contribution in [-0.2, 0) is 9.59 Å². The molecule has 0 aliphatic carbocycles. The molecule has 0 saturated heterocycles. The number of rotatable bonds is 4. The molecule has 0 saturated carbocycles. The van der Waals surface area contributed by atoms with Crippen molar-refractivity contribution >= 4 is 11.9 Å². The van der Waals surface area contributed by atoms with E-state index >= 15 is 0 Å². The zero-order chi connectivity index (χ0) is 10.7. The first-order valence-corrected chi connectivity index (χ1v) is 3.96. The van der Waals surface area contributed by atoms with Crippen LogP contribution >= 0.6 is 0 Å². The van der Waals surface area contributed by atoms with Gasteiger partial charge in [-0.1, -0.05) is 0 Å². The van der Waals surface area contributed by atoms with Gasteiger partial charge in [0.1, 0.15) is 11.9 Å². The summed E-state index contributed by atoms with van der Waals surface area (Å²) in [6.07, 6.45) is 2.44. The summed E-state index contributed by atoms with van der Waals surface area (Å²) in [5.74, 6) is -1.84. The molecule has 0 radical (unpaired) electrons. The number of aryl methyl sites for hydroxylation is 1. The Morgan fingerprint density at radius 3 is 2.57 bits per heavy atom. The van der Waals surface area contributed by atoms with Crippen LogP contribution in [0.2, 0.25) is 0 Å². The number of carbonyl (C=O) groups is 2. The standard InChI is InChI=1S/C8H10N2O4/c1-5-9-2-3-10(5)6(8(13)14)4-7(11)12/h2-3,6H,4H2,1H3,(H,11,12)(H,13,14)/t6-/m0/s1. The van der Waals surface area contributed by atoms with Crippen LogP contribution in [0.15, 0.2) is 12.4 Å². The van der Waals surface area contributed by atoms with E-state index in [1.54, 1.807) is 6.92 Å². The monoisotopic (exact) mass is 198 g/mol. The summed E-state index contributed by atoms with van der Waals surface area (Å²) >= 11 is 0. The Balaban J connectivity index is 2.94. The molecule has 1 aromatic rings. The summed E-state index contributed by atoms with van der Waals surface area (Å²) in [7, 11) is 0. The number of carboxylic acid groups (broad SMARTS) is 2. The van der Waals surface area contributed by atoms with E-state index in [2.05, 4.69) is 4.98 Å². The van der Waals surface area contributed by atoms with E-state index in [1.807, 2.05) is 0 Å². The Morgan fingerprint density at radius 2 is 2.21 bits per heavy atom. The second kappa shape index (κ2) is 3.91. The van der Waals surface area contributed by atoms with Gasteiger partial charge < -0.3 is 14.8 Å². The molecule has 0 aliphatic rings. The van der Waals surface area contributed by atoms with Crippen molar-refractivity contribution in [2.45, 2.75) is 19.4 Å². The molecule has 0 unspecified atom stereocenters. The lowest BCUT2D eigenvalue weighted by molar-refractivity contribution is -0.147. The number of aromatic nitrogens is 2. The normalized spacial score (nSPS) is 12.4. The molecule has 1 aromatic heterocycles. The quantitative estimate of drug-likeness (QED) is 0.725. The van der Waals surface area contributed by atoms with Gasteiger partial charge in [0, 0.05) is 12.4 Å². The van der Waals surface area contributed by atoms with Crippen molar-refractivity contribution in [1.29, 1.82) is 0 Å². The smallest absolute Gasteiger partial charge is 0.327 e. The van der Waals surface area contributed by atoms with Gasteiger partial charge in [-0.25, -0.2) is 9.78 Å². The van der Waals surface area contributed by atoms with E-state index in [0.717, 1.165) is 0 Å². The first-order valence-electron chi connectivity index (χ1n) is 3.96. The fraction of sp³-hybridized carbons (Fsp3) is 0.375. The minimum absolute atomic E-state index is 0.452. The highest BCUT2D eigenvalue weighted by atomic mass is 16.4. The summed E-state index contributed by atoms with van der Waals surface area (Å²) in [5, 5.41) is 17.3. The lowest BCUT2D eigenvalue weighted by atomic mass is 10.2. The van der Waals surface area contributed by atoms with E-state index in [9.17, 15) is 9.59 Å². The predicted octanol–water partition coefficient (Wildman–Crippen LogP) is 0.292. The van der Waals surface area contributed by atoms with Gasteiger partial charge in [-0.15, -0.1) is 0 Å². The minimum atomic E-state index is -1.17. The molecule has 0 aromatic carbocycles. The molecular formula is C8H10N2O4. The molecule has 14 heavy (non-hydrogen) atoms. The minimum Gasteiger partial charge on any atom is -0.481 e. The molecule has 0 amide bonds. The van der Waals surface area contributed by atoms with Gasteiger partial charge in [-0.05, 0) is 6.92 Å². The van der Waals surface area contributed by atoms with Gasteiger partial charge in [0.05, 0.1) is 6.42 Å². The fourth-order valence-electron chi connectivity index (χ4n) is 1.19. The number of carboxylic acids is 2. The van der Waals surface area contributed by atoms with Gasteiger partial charge in [0.15, 0.2) is 0 Å². The summed E-state index contributed by atoms with van der Waals surface area (Å²) in [6.45, 7) is 1.62. The van der Waals surface area contributed by atoms with Crippen LogP contribution in [0.4, 0.5) is 0 Å². The molecular weight excluding hydrogens is 188 g/mol. The van der Waals surface area contributed by atoms with Gasteiger partial charge in [0.25, 0.3) is 0 Å². The first kappa shape index (κ1) is 10.2. The Morgan fingerprint density at radius 1 is 1.57 bits per heavy atom. The van der Waals surface area contributed by atoms with Crippen molar-refractivity contribution in [3.05, 3.63) is 18.2 Å². The summed E-state index contributed by atoms with van der Waals surface area (Å²) in [6, 6.07) is -1.09. The third-order valence-corrected chi connectivity index (χ3v) is 1.85. The van der Waals surface area contributed by atoms with Crippen LogP contribution in [0.1, 0.15) is 18.3 Å². The molecule has 6 nitrogen and oxygen atoms in total. The molecule has 0 fully saturated rings. The number of aliphatic carboxylic acids is 2. The van der Waals surface area contributed by atoms with Crippen LogP contribution in [0.3, 0.4) is 0 Å². The molecule has 76 valence electrons. The highest BCUT2D eigenvalue weighted by molar-refractivity contribution is 5.79. The summed E-state index contributed by atoms with van der Waals surface area (Å²) in [5.41, 5.74) is 0. The Bertz CT molecular complexity index is 358. The van der Waals surface area contributed by atoms with E-state index < -0.39 is 24.4 Å². The topological polar surface area (TPSA) is 92.4 Å². The third-order valence-electron chi connectivity index (χ3n) is 1.85. The predicted molar refractivity (Wildman–Crippen MR) is 45.9 cm³/mol. The SMILES string of the molecule is Cc1nccn1[C@@H](CC(=O)O)C(=O)O. The van der Waals surface area contributed by atoms with Crippen LogP contribution < -0.4 is 0 Å². The van der Waals surface area contributed by atoms with Crippen LogP contribution in [0.5, 0.6) is 0 Å². The van der Waals surface area contributed by atoms with E-state index in [0.29, 0.717) is 5.82 Å². The summed E-state index contributed by atoms with van der Waals surface area (Å²) < 4.78 is 1.33. The maximum atomic E-state index is 10.8. The maximum Gasteiger partial charge on any atom is 0.327 e. The van der Waals surface area contributed by atoms with Crippen molar-refractivity contribution in [2.75, 3.05) is 0 Å². The number of nitrogens with zero attached hydrogens (tertiary/aromatic N) is 2. The van der Waals surface area contributed by atoms with Crippen LogP contribution in [-0.4, -0.2) is 31.7 Å². The van der Waals surface area contributed by atoms with Crippen LogP contribution in [0, 0.1) is 6.92 Å². The lowest BCUT2D eigenvalue weighted by Crippen LogP contribution is -2.22. The summed E-state index contributed by atoms with van der Waals surface area (Å²) in [4.78, 5) is 25.0. The maximum absolute atomic E-state index is 10.8. The fourth-order valence-corrected chi connectivity index (χ4v) is 1.19. The average Bonchev–Trinajstić information content (AvgIpc) is 2.46. The molecule has 2 N–H and O–H groups in total. The number of hydrogen-bond acceptors (Lipinski definition) is 3. The van der Waals surface area contributed by atoms with Gasteiger partial charge >= 0.3 is 11.9 Å². The highest BCUT2D eigenvalue weighted by Gasteiger charge is 2.23. The number of imidazole rings is 1. The van der Waals surface area contributed by atoms with Crippen molar-refractivity contribution < 1.29 is 19.8 Å². The molecule has 1 heterocycles. The van der Waals surface area contributed by atoms with Crippen molar-refractivity contribution in [2.24, 2.45) is 0 Å². The van der Waals surface area contributed by atoms with E-state index in [4.69, 9.17) is 10.2 Å². The third kappa shape index (κ3) is 2.09. The second-order valence-electron chi connectivity index (χ2n) is 2.83. The van der Waals surface area contributed by atoms with Gasteiger partial charge in [0.2, 0.25) is 0 Å². The van der Waals surface area contributed by atoms with Crippen molar-refractivity contribution in [1.82, 2.24) is 9.55 Å². The Hall–Kier alpha value is -1.85. The second-order valence-corrected chi connectivity index (χ2v) is 2.83. The molecule has 1 atom stereocenters. The molecule has 6 heteroatoms. The molecule has 0 aliphatic heterocycles. The highest BCUT2D eigenvalue weighted by Crippen LogP contribution is 2.13. The number of hydrogen-bond donors (Lipinski definition) is 2. The van der Waals surface area contributed by atoms with E-state index in [1.165, 1.54) is 17.0 Å². The van der Waals surface area contributed by atoms with Crippen LogP contribution in [0.25, 0.3) is 0 Å². The zero-order valence-electron chi connectivity index (χ0n) is 7.54. The largest absolute Gasteiger partial charge is 0.481 e. The van der Waals surface area contributed by atoms with Gasteiger partial charge in [-0.3, -0.25) is 4.79 Å². The lowest BCUT2D eigenvalue weighted by Gasteiger charge is -2.12. The molecule has 0 spiro atoms.